The first-order valence-electron chi connectivity index (χ1n) is 10.4. The number of carbonyl (C=O) groups excluding carboxylic acids is 3. The van der Waals surface area contributed by atoms with Crippen LogP contribution in [0.25, 0.3) is 0 Å². The molecule has 0 aromatic heterocycles. The Bertz CT molecular complexity index is 966. The molecule has 4 heterocycles. The van der Waals surface area contributed by atoms with Crippen LogP contribution in [0.1, 0.15) is 32.6 Å². The van der Waals surface area contributed by atoms with E-state index in [9.17, 15) is 14.4 Å². The molecule has 2 aliphatic carbocycles. The molecule has 0 N–H and O–H groups in total. The Morgan fingerprint density at radius 1 is 1.17 bits per heavy atom. The molecule has 29 heavy (non-hydrogen) atoms. The van der Waals surface area contributed by atoms with Gasteiger partial charge >= 0.3 is 5.97 Å². The largest absolute Gasteiger partial charge is 0.497 e. The third-order valence-electron chi connectivity index (χ3n) is 7.15. The number of nitrogens with zero attached hydrogens (tertiary/aromatic N) is 1. The summed E-state index contributed by atoms with van der Waals surface area (Å²) in [6.45, 7) is 8.04. The molecule has 152 valence electrons. The zero-order valence-electron chi connectivity index (χ0n) is 16.9. The number of piperidine rings is 1. The van der Waals surface area contributed by atoms with Gasteiger partial charge in [0.15, 0.2) is 5.78 Å². The van der Waals surface area contributed by atoms with Gasteiger partial charge in [0.25, 0.3) is 0 Å². The molecule has 0 spiro atoms. The lowest BCUT2D eigenvalue weighted by molar-refractivity contribution is -0.141. The molecule has 1 amide bonds. The smallest absolute Gasteiger partial charge is 0.338 e. The minimum atomic E-state index is -0.490. The summed E-state index contributed by atoms with van der Waals surface area (Å²) in [7, 11) is 1.34. The maximum absolute atomic E-state index is 13.8. The highest BCUT2D eigenvalue weighted by Crippen LogP contribution is 2.52. The zero-order chi connectivity index (χ0) is 20.4. The van der Waals surface area contributed by atoms with Gasteiger partial charge in [-0.3, -0.25) is 9.59 Å². The first-order chi connectivity index (χ1) is 13.9. The summed E-state index contributed by atoms with van der Waals surface area (Å²) in [5.41, 5.74) is 4.14. The fraction of sp³-hybridized carbons (Fsp3) is 0.522. The second-order valence-electron chi connectivity index (χ2n) is 8.70. The van der Waals surface area contributed by atoms with E-state index in [0.29, 0.717) is 43.7 Å². The van der Waals surface area contributed by atoms with Crippen molar-refractivity contribution in [2.24, 2.45) is 17.8 Å². The molecule has 0 aromatic carbocycles. The maximum atomic E-state index is 13.8. The first-order valence-corrected chi connectivity index (χ1v) is 10.4. The number of carbonyl (C=O) groups is 3. The molecule has 0 saturated carbocycles. The minimum Gasteiger partial charge on any atom is -0.497 e. The van der Waals surface area contributed by atoms with Gasteiger partial charge in [-0.2, -0.15) is 0 Å². The van der Waals surface area contributed by atoms with Gasteiger partial charge in [0.05, 0.1) is 19.3 Å². The number of esters is 1. The van der Waals surface area contributed by atoms with Gasteiger partial charge in [0.1, 0.15) is 5.76 Å². The van der Waals surface area contributed by atoms with Crippen molar-refractivity contribution < 1.29 is 23.9 Å². The van der Waals surface area contributed by atoms with E-state index in [4.69, 9.17) is 9.47 Å². The van der Waals surface area contributed by atoms with Crippen LogP contribution in [0.4, 0.5) is 0 Å². The molecule has 6 aliphatic rings. The summed E-state index contributed by atoms with van der Waals surface area (Å²) in [4.78, 5) is 41.4. The average molecular weight is 395 g/mol. The van der Waals surface area contributed by atoms with Crippen LogP contribution in [-0.2, 0) is 23.9 Å². The van der Waals surface area contributed by atoms with E-state index in [0.717, 1.165) is 34.5 Å². The summed E-state index contributed by atoms with van der Waals surface area (Å²) < 4.78 is 11.1. The van der Waals surface area contributed by atoms with Crippen molar-refractivity contribution in [2.45, 2.75) is 32.6 Å². The van der Waals surface area contributed by atoms with Crippen molar-refractivity contribution in [3.8, 4) is 0 Å². The van der Waals surface area contributed by atoms with E-state index in [2.05, 4.69) is 6.58 Å². The third-order valence-corrected chi connectivity index (χ3v) is 7.15. The summed E-state index contributed by atoms with van der Waals surface area (Å²) in [6, 6.07) is 0. The number of allylic oxidation sites excluding steroid dienone is 3. The van der Waals surface area contributed by atoms with Gasteiger partial charge in [0.2, 0.25) is 5.91 Å². The number of ether oxygens (including phenoxy) is 2. The van der Waals surface area contributed by atoms with Crippen molar-refractivity contribution >= 4 is 17.7 Å². The zero-order valence-corrected chi connectivity index (χ0v) is 16.9. The van der Waals surface area contributed by atoms with Crippen molar-refractivity contribution in [2.75, 3.05) is 26.8 Å². The SMILES string of the molecule is C=C1C2=C3C(=O)[C@@H]4CC(=O)N(C[C@H]1CCC1=C2C(=C3C(=O)OC)CCO1)C[C@H]4C. The fourth-order valence-corrected chi connectivity index (χ4v) is 5.63. The molecule has 0 unspecified atom stereocenters. The minimum absolute atomic E-state index is 0.0149. The Kier molecular flexibility index (Phi) is 4.09. The van der Waals surface area contributed by atoms with Gasteiger partial charge in [-0.05, 0) is 29.1 Å². The Hall–Kier alpha value is -2.63. The van der Waals surface area contributed by atoms with Crippen LogP contribution in [0.5, 0.6) is 0 Å². The van der Waals surface area contributed by atoms with E-state index in [1.807, 2.05) is 11.8 Å². The molecule has 3 atom stereocenters. The van der Waals surface area contributed by atoms with Crippen LogP contribution in [-0.4, -0.2) is 49.4 Å². The molecular formula is C23H25NO5. The van der Waals surface area contributed by atoms with Crippen molar-refractivity contribution in [3.63, 3.8) is 0 Å². The molecule has 4 aliphatic heterocycles. The van der Waals surface area contributed by atoms with Crippen molar-refractivity contribution in [3.05, 3.63) is 45.8 Å². The normalized spacial score (nSPS) is 31.3. The van der Waals surface area contributed by atoms with E-state index in [1.165, 1.54) is 7.11 Å². The fourth-order valence-electron chi connectivity index (χ4n) is 5.63. The van der Waals surface area contributed by atoms with Gasteiger partial charge in [-0.25, -0.2) is 4.79 Å². The van der Waals surface area contributed by atoms with E-state index >= 15 is 0 Å². The van der Waals surface area contributed by atoms with Crippen LogP contribution in [0.2, 0.25) is 0 Å². The van der Waals surface area contributed by atoms with Crippen LogP contribution in [0.15, 0.2) is 45.8 Å². The quantitative estimate of drug-likeness (QED) is 0.638. The number of hydrogen-bond acceptors (Lipinski definition) is 5. The molecule has 6 rings (SSSR count). The van der Waals surface area contributed by atoms with Crippen LogP contribution in [0.3, 0.4) is 0 Å². The van der Waals surface area contributed by atoms with Gasteiger partial charge in [0, 0.05) is 55.3 Å². The molecule has 4 bridgehead atoms. The average Bonchev–Trinajstić information content (AvgIpc) is 3.00. The second kappa shape index (κ2) is 6.44. The first kappa shape index (κ1) is 18.4. The summed E-state index contributed by atoms with van der Waals surface area (Å²) in [6.07, 6.45) is 2.28. The maximum Gasteiger partial charge on any atom is 0.338 e. The number of fused-ring (bicyclic) bond motifs is 2. The van der Waals surface area contributed by atoms with Crippen molar-refractivity contribution in [1.82, 2.24) is 4.90 Å². The molecule has 6 heteroatoms. The lowest BCUT2D eigenvalue weighted by atomic mass is 9.76. The molecule has 0 aromatic rings. The van der Waals surface area contributed by atoms with Crippen LogP contribution in [0, 0.1) is 17.8 Å². The summed E-state index contributed by atoms with van der Waals surface area (Å²) in [5, 5.41) is 0. The molecule has 1 saturated heterocycles. The van der Waals surface area contributed by atoms with Crippen LogP contribution < -0.4 is 0 Å². The lowest BCUT2D eigenvalue weighted by Crippen LogP contribution is -2.48. The number of ketones is 1. The van der Waals surface area contributed by atoms with E-state index in [1.54, 1.807) is 0 Å². The Morgan fingerprint density at radius 2 is 1.97 bits per heavy atom. The monoisotopic (exact) mass is 395 g/mol. The molecule has 1 fully saturated rings. The second-order valence-corrected chi connectivity index (χ2v) is 8.70. The Balaban J connectivity index is 1.81. The van der Waals surface area contributed by atoms with Gasteiger partial charge < -0.3 is 14.4 Å². The number of methoxy groups -OCH3 is 1. The lowest BCUT2D eigenvalue weighted by Gasteiger charge is -2.39. The standard InChI is InChI=1S/C23H25NO5/c1-11-9-24-10-13-4-5-16-19-14(6-7-29-16)20(23(27)28-3)21(18(19)12(13)2)22(26)15(11)8-17(24)25/h11,13,15H,2,4-10H2,1,3H3/t11-,13-,15-/m1/s1. The predicted molar refractivity (Wildman–Crippen MR) is 104 cm³/mol. The van der Waals surface area contributed by atoms with Gasteiger partial charge in [-0.15, -0.1) is 0 Å². The number of rotatable bonds is 1. The number of hydrogen-bond donors (Lipinski definition) is 0. The summed E-state index contributed by atoms with van der Waals surface area (Å²) in [5.74, 6) is -0.117. The highest BCUT2D eigenvalue weighted by molar-refractivity contribution is 6.16. The third kappa shape index (κ3) is 2.51. The molecule has 0 radical (unpaired) electrons. The van der Waals surface area contributed by atoms with Crippen molar-refractivity contribution in [1.29, 1.82) is 0 Å². The molecule has 6 nitrogen and oxygen atoms in total. The Labute approximate surface area is 169 Å². The molecular weight excluding hydrogens is 370 g/mol. The van der Waals surface area contributed by atoms with Gasteiger partial charge in [-0.1, -0.05) is 13.5 Å². The Morgan fingerprint density at radius 3 is 2.72 bits per heavy atom. The number of Topliss-reactive ketones (excluding diaryl/α,β-unsaturated/α-hetero) is 1. The predicted octanol–water partition coefficient (Wildman–Crippen LogP) is 2.47. The highest BCUT2D eigenvalue weighted by atomic mass is 16.5. The van der Waals surface area contributed by atoms with E-state index < -0.39 is 11.9 Å². The highest BCUT2D eigenvalue weighted by Gasteiger charge is 2.48. The summed E-state index contributed by atoms with van der Waals surface area (Å²) >= 11 is 0. The van der Waals surface area contributed by atoms with E-state index in [-0.39, 0.29) is 29.9 Å². The van der Waals surface area contributed by atoms with Crippen LogP contribution >= 0.6 is 0 Å². The number of amides is 1. The topological polar surface area (TPSA) is 72.9 Å².